The number of aromatic hydroxyl groups is 1. The van der Waals surface area contributed by atoms with Gasteiger partial charge in [0.2, 0.25) is 0 Å². The van der Waals surface area contributed by atoms with E-state index in [0.29, 0.717) is 11.5 Å². The molecule has 0 saturated carbocycles. The van der Waals surface area contributed by atoms with E-state index in [0.717, 1.165) is 11.1 Å². The fraction of sp³-hybridized carbons (Fsp3) is 0.500. The molecule has 0 unspecified atom stereocenters. The van der Waals surface area contributed by atoms with Crippen molar-refractivity contribution in [2.75, 3.05) is 0 Å². The fourth-order valence-electron chi connectivity index (χ4n) is 2.82. The third-order valence-electron chi connectivity index (χ3n) is 4.62. The number of hydrogen-bond donors (Lipinski definition) is 1. The number of phenolic OH excluding ortho intramolecular Hbond substituents is 1. The minimum atomic E-state index is -0.571. The lowest BCUT2D eigenvalue weighted by Gasteiger charge is -2.09. The first-order valence-electron chi connectivity index (χ1n) is 10.00. The third-order valence-corrected chi connectivity index (χ3v) is 4.62. The van der Waals surface area contributed by atoms with E-state index in [2.05, 4.69) is 39.8 Å². The van der Waals surface area contributed by atoms with Gasteiger partial charge in [-0.3, -0.25) is 0 Å². The Kier molecular flexibility index (Phi) is 10.0. The van der Waals surface area contributed by atoms with Gasteiger partial charge in [-0.25, -0.2) is 4.39 Å². The maximum atomic E-state index is 13.5. The van der Waals surface area contributed by atoms with Crippen molar-refractivity contribution in [3.8, 4) is 16.9 Å². The molecule has 2 aromatic rings. The molecule has 0 fully saturated rings. The molecule has 0 amide bonds. The van der Waals surface area contributed by atoms with E-state index in [1.165, 1.54) is 50.2 Å². The number of rotatable bonds is 7. The number of aryl methyl sites for hydroxylation is 1. The quantitative estimate of drug-likeness (QED) is 0.497. The van der Waals surface area contributed by atoms with Gasteiger partial charge in [0, 0.05) is 0 Å². The lowest BCUT2D eigenvalue weighted by molar-refractivity contribution is 0.429. The molecule has 0 aromatic heterocycles. The minimum absolute atomic E-state index is 0.266. The monoisotopic (exact) mass is 358 g/mol. The summed E-state index contributed by atoms with van der Waals surface area (Å²) in [6.07, 6.45) is 8.49. The summed E-state index contributed by atoms with van der Waals surface area (Å²) in [4.78, 5) is 0. The molecule has 144 valence electrons. The molecule has 0 bridgehead atoms. The molecule has 2 rings (SSSR count). The predicted molar refractivity (Wildman–Crippen MR) is 111 cm³/mol. The van der Waals surface area contributed by atoms with Crippen LogP contribution in [0.15, 0.2) is 36.4 Å². The van der Waals surface area contributed by atoms with E-state index in [-0.39, 0.29) is 5.75 Å². The van der Waals surface area contributed by atoms with Crippen LogP contribution in [0.25, 0.3) is 11.1 Å². The van der Waals surface area contributed by atoms with Crippen LogP contribution in [0, 0.1) is 12.7 Å². The Balaban J connectivity index is 0.000000359. The highest BCUT2D eigenvalue weighted by Gasteiger charge is 2.08. The third kappa shape index (κ3) is 7.19. The van der Waals surface area contributed by atoms with E-state index in [4.69, 9.17) is 0 Å². The molecule has 2 heteroatoms. The summed E-state index contributed by atoms with van der Waals surface area (Å²) in [7, 11) is 0. The summed E-state index contributed by atoms with van der Waals surface area (Å²) in [6, 6.07) is 11.2. The SMILES string of the molecule is CCCCCCCC.Cc1cc(-c2ccc(C(C)C)cc2)cc(F)c1O. The van der Waals surface area contributed by atoms with Gasteiger partial charge < -0.3 is 5.11 Å². The van der Waals surface area contributed by atoms with Crippen LogP contribution in [0.5, 0.6) is 5.75 Å². The first-order chi connectivity index (χ1) is 12.4. The highest BCUT2D eigenvalue weighted by molar-refractivity contribution is 5.66. The lowest BCUT2D eigenvalue weighted by Crippen LogP contribution is -1.88. The van der Waals surface area contributed by atoms with Crippen LogP contribution >= 0.6 is 0 Å². The van der Waals surface area contributed by atoms with Gasteiger partial charge in [-0.2, -0.15) is 0 Å². The zero-order valence-electron chi connectivity index (χ0n) is 17.1. The van der Waals surface area contributed by atoms with Crippen molar-refractivity contribution in [3.63, 3.8) is 0 Å². The molecule has 0 atom stereocenters. The van der Waals surface area contributed by atoms with Crippen LogP contribution in [-0.4, -0.2) is 5.11 Å². The van der Waals surface area contributed by atoms with Gasteiger partial charge in [0.1, 0.15) is 0 Å². The number of unbranched alkanes of at least 4 members (excludes halogenated alkanes) is 5. The largest absolute Gasteiger partial charge is 0.505 e. The molecule has 0 aliphatic rings. The van der Waals surface area contributed by atoms with Gasteiger partial charge in [0.05, 0.1) is 0 Å². The zero-order chi connectivity index (χ0) is 19.5. The maximum Gasteiger partial charge on any atom is 0.165 e. The number of hydrogen-bond acceptors (Lipinski definition) is 1. The van der Waals surface area contributed by atoms with Crippen LogP contribution in [0.4, 0.5) is 4.39 Å². The van der Waals surface area contributed by atoms with E-state index in [1.54, 1.807) is 13.0 Å². The van der Waals surface area contributed by atoms with Crippen molar-refractivity contribution < 1.29 is 9.50 Å². The highest BCUT2D eigenvalue weighted by Crippen LogP contribution is 2.29. The Morgan fingerprint density at radius 2 is 1.38 bits per heavy atom. The first kappa shape index (κ1) is 22.2. The normalized spacial score (nSPS) is 10.6. The highest BCUT2D eigenvalue weighted by atomic mass is 19.1. The fourth-order valence-corrected chi connectivity index (χ4v) is 2.82. The zero-order valence-corrected chi connectivity index (χ0v) is 17.1. The van der Waals surface area contributed by atoms with Crippen molar-refractivity contribution in [2.45, 2.75) is 79.1 Å². The van der Waals surface area contributed by atoms with Crippen molar-refractivity contribution in [1.82, 2.24) is 0 Å². The van der Waals surface area contributed by atoms with Crippen LogP contribution in [0.1, 0.15) is 83.3 Å². The Bertz CT molecular complexity index is 615. The standard InChI is InChI=1S/C16H17FO.C8H18/c1-10(2)12-4-6-13(7-5-12)14-8-11(3)16(18)15(17)9-14;1-3-5-7-8-6-4-2/h4-10,18H,1-3H3;3-8H2,1-2H3. The van der Waals surface area contributed by atoms with Crippen LogP contribution in [0.3, 0.4) is 0 Å². The Morgan fingerprint density at radius 1 is 0.846 bits per heavy atom. The summed E-state index contributed by atoms with van der Waals surface area (Å²) in [5.74, 6) is -0.354. The second kappa shape index (κ2) is 11.7. The van der Waals surface area contributed by atoms with Crippen LogP contribution in [0.2, 0.25) is 0 Å². The van der Waals surface area contributed by atoms with Gasteiger partial charge in [-0.05, 0) is 47.2 Å². The van der Waals surface area contributed by atoms with Gasteiger partial charge >= 0.3 is 0 Å². The molecule has 0 spiro atoms. The molecule has 0 heterocycles. The van der Waals surface area contributed by atoms with Gasteiger partial charge in [0.25, 0.3) is 0 Å². The number of benzene rings is 2. The van der Waals surface area contributed by atoms with Crippen molar-refractivity contribution in [2.24, 2.45) is 0 Å². The lowest BCUT2D eigenvalue weighted by atomic mass is 9.98. The van der Waals surface area contributed by atoms with Gasteiger partial charge in [0.15, 0.2) is 11.6 Å². The van der Waals surface area contributed by atoms with E-state index in [9.17, 15) is 9.50 Å². The molecular formula is C24H35FO. The average molecular weight is 359 g/mol. The Morgan fingerprint density at radius 3 is 1.81 bits per heavy atom. The molecule has 1 nitrogen and oxygen atoms in total. The second-order valence-electron chi connectivity index (χ2n) is 7.31. The summed E-state index contributed by atoms with van der Waals surface area (Å²) >= 11 is 0. The van der Waals surface area contributed by atoms with Crippen molar-refractivity contribution in [3.05, 3.63) is 53.3 Å². The van der Waals surface area contributed by atoms with Crippen LogP contribution < -0.4 is 0 Å². The van der Waals surface area contributed by atoms with E-state index >= 15 is 0 Å². The Labute approximate surface area is 159 Å². The summed E-state index contributed by atoms with van der Waals surface area (Å²) in [5.41, 5.74) is 3.56. The molecule has 2 aromatic carbocycles. The molecule has 0 saturated heterocycles. The molecule has 26 heavy (non-hydrogen) atoms. The van der Waals surface area contributed by atoms with Gasteiger partial charge in [-0.1, -0.05) is 90.5 Å². The van der Waals surface area contributed by atoms with E-state index in [1.807, 2.05) is 12.1 Å². The van der Waals surface area contributed by atoms with Crippen LogP contribution in [-0.2, 0) is 0 Å². The smallest absolute Gasteiger partial charge is 0.165 e. The minimum Gasteiger partial charge on any atom is -0.505 e. The molecule has 0 aliphatic heterocycles. The number of halogens is 1. The maximum absolute atomic E-state index is 13.5. The predicted octanol–water partition coefficient (Wildman–Crippen LogP) is 8.00. The number of phenols is 1. The molecule has 0 radical (unpaired) electrons. The van der Waals surface area contributed by atoms with Crippen molar-refractivity contribution in [1.29, 1.82) is 0 Å². The van der Waals surface area contributed by atoms with Gasteiger partial charge in [-0.15, -0.1) is 0 Å². The van der Waals surface area contributed by atoms with E-state index < -0.39 is 5.82 Å². The summed E-state index contributed by atoms with van der Waals surface area (Å²) < 4.78 is 13.5. The summed E-state index contributed by atoms with van der Waals surface area (Å²) in [5, 5.41) is 9.42. The molecular weight excluding hydrogens is 323 g/mol. The second-order valence-corrected chi connectivity index (χ2v) is 7.31. The average Bonchev–Trinajstić information content (AvgIpc) is 2.63. The topological polar surface area (TPSA) is 20.2 Å². The molecule has 0 aliphatic carbocycles. The van der Waals surface area contributed by atoms with Crippen molar-refractivity contribution >= 4 is 0 Å². The molecule has 1 N–H and O–H groups in total. The first-order valence-corrected chi connectivity index (χ1v) is 10.00. The summed E-state index contributed by atoms with van der Waals surface area (Å²) in [6.45, 7) is 10.5. The Hall–Kier alpha value is -1.83.